The molecule has 0 aliphatic carbocycles. The summed E-state index contributed by atoms with van der Waals surface area (Å²) in [4.78, 5) is 13.8. The Morgan fingerprint density at radius 2 is 2.03 bits per heavy atom. The van der Waals surface area contributed by atoms with Gasteiger partial charge in [-0.1, -0.05) is 36.0 Å². The van der Waals surface area contributed by atoms with E-state index in [-0.39, 0.29) is 24.5 Å². The Kier molecular flexibility index (Phi) is 6.41. The number of amides is 1. The zero-order chi connectivity index (χ0) is 23.5. The minimum atomic E-state index is -0.184. The van der Waals surface area contributed by atoms with Crippen LogP contribution in [0.2, 0.25) is 0 Å². The Labute approximate surface area is 204 Å². The molecule has 0 bridgehead atoms. The Morgan fingerprint density at radius 1 is 1.18 bits per heavy atom. The van der Waals surface area contributed by atoms with E-state index >= 15 is 0 Å². The SMILES string of the molecule is COc1ccccc1-n1c(SCC(=O)N[C@@H](C)c2ccc3c(c2)OCO3)nnc1-c1cccs1. The smallest absolute Gasteiger partial charge is 0.231 e. The number of rotatable bonds is 8. The van der Waals surface area contributed by atoms with Gasteiger partial charge >= 0.3 is 0 Å². The van der Waals surface area contributed by atoms with Crippen LogP contribution in [0, 0.1) is 0 Å². The average Bonchev–Trinajstić information content (AvgIpc) is 3.62. The monoisotopic (exact) mass is 494 g/mol. The van der Waals surface area contributed by atoms with Gasteiger partial charge in [-0.2, -0.15) is 0 Å². The Bertz CT molecular complexity index is 1310. The minimum absolute atomic E-state index is 0.109. The minimum Gasteiger partial charge on any atom is -0.495 e. The second-order valence-corrected chi connectivity index (χ2v) is 9.37. The van der Waals surface area contributed by atoms with Gasteiger partial charge in [0.15, 0.2) is 22.5 Å². The van der Waals surface area contributed by atoms with Crippen LogP contribution in [-0.4, -0.2) is 40.3 Å². The van der Waals surface area contributed by atoms with Crippen molar-refractivity contribution in [2.75, 3.05) is 19.7 Å². The number of para-hydroxylation sites is 2. The molecule has 0 spiro atoms. The van der Waals surface area contributed by atoms with Crippen molar-refractivity contribution in [3.05, 3.63) is 65.5 Å². The molecule has 0 unspecified atom stereocenters. The molecule has 1 aliphatic rings. The van der Waals surface area contributed by atoms with Crippen molar-refractivity contribution in [1.82, 2.24) is 20.1 Å². The fraction of sp³-hybridized carbons (Fsp3) is 0.208. The highest BCUT2D eigenvalue weighted by atomic mass is 32.2. The van der Waals surface area contributed by atoms with E-state index in [1.807, 2.05) is 71.5 Å². The molecule has 10 heteroatoms. The standard InChI is InChI=1S/C24H22N4O4S2/c1-15(16-9-10-19-20(12-16)32-14-31-19)25-22(29)13-34-24-27-26-23(21-8-5-11-33-21)28(24)17-6-3-4-7-18(17)30-2/h3-12,15H,13-14H2,1-2H3,(H,25,29)/t15-/m0/s1. The van der Waals surface area contributed by atoms with Gasteiger partial charge in [-0.05, 0) is 48.2 Å². The summed E-state index contributed by atoms with van der Waals surface area (Å²) < 4.78 is 18.3. The van der Waals surface area contributed by atoms with E-state index in [1.54, 1.807) is 18.4 Å². The predicted octanol–water partition coefficient (Wildman–Crippen LogP) is 4.70. The topological polar surface area (TPSA) is 87.5 Å². The van der Waals surface area contributed by atoms with Gasteiger partial charge in [-0.3, -0.25) is 9.36 Å². The van der Waals surface area contributed by atoms with Crippen LogP contribution in [0.5, 0.6) is 17.2 Å². The van der Waals surface area contributed by atoms with Crippen molar-refractivity contribution < 1.29 is 19.0 Å². The largest absolute Gasteiger partial charge is 0.495 e. The summed E-state index contributed by atoms with van der Waals surface area (Å²) in [7, 11) is 1.63. The number of aromatic nitrogens is 3. The highest BCUT2D eigenvalue weighted by Crippen LogP contribution is 2.35. The third kappa shape index (κ3) is 4.46. The first-order chi connectivity index (χ1) is 16.6. The van der Waals surface area contributed by atoms with Gasteiger partial charge in [0.05, 0.1) is 29.5 Å². The highest BCUT2D eigenvalue weighted by molar-refractivity contribution is 7.99. The van der Waals surface area contributed by atoms with E-state index in [2.05, 4.69) is 15.5 Å². The van der Waals surface area contributed by atoms with E-state index in [9.17, 15) is 4.79 Å². The molecule has 2 aromatic heterocycles. The number of fused-ring (bicyclic) bond motifs is 1. The third-order valence-corrected chi connectivity index (χ3v) is 7.10. The molecular formula is C24H22N4O4S2. The molecule has 1 aliphatic heterocycles. The van der Waals surface area contributed by atoms with E-state index in [0.29, 0.717) is 22.5 Å². The third-order valence-electron chi connectivity index (χ3n) is 5.31. The molecule has 2 aromatic carbocycles. The van der Waals surface area contributed by atoms with Gasteiger partial charge in [0, 0.05) is 0 Å². The van der Waals surface area contributed by atoms with Crippen LogP contribution in [0.4, 0.5) is 0 Å². The highest BCUT2D eigenvalue weighted by Gasteiger charge is 2.21. The van der Waals surface area contributed by atoms with Crippen LogP contribution in [0.1, 0.15) is 18.5 Å². The number of nitrogens with one attached hydrogen (secondary N) is 1. The van der Waals surface area contributed by atoms with Crippen LogP contribution >= 0.6 is 23.1 Å². The van der Waals surface area contributed by atoms with Gasteiger partial charge in [0.25, 0.3) is 0 Å². The van der Waals surface area contributed by atoms with E-state index in [1.165, 1.54) is 11.8 Å². The molecule has 0 saturated heterocycles. The molecule has 1 amide bonds. The number of nitrogens with zero attached hydrogens (tertiary/aromatic N) is 3. The molecular weight excluding hydrogens is 472 g/mol. The molecule has 34 heavy (non-hydrogen) atoms. The first kappa shape index (κ1) is 22.3. The van der Waals surface area contributed by atoms with E-state index < -0.39 is 0 Å². The molecule has 0 fully saturated rings. The molecule has 4 aromatic rings. The molecule has 0 saturated carbocycles. The van der Waals surface area contributed by atoms with Gasteiger partial charge in [0.1, 0.15) is 5.75 Å². The average molecular weight is 495 g/mol. The maximum Gasteiger partial charge on any atom is 0.231 e. The fourth-order valence-electron chi connectivity index (χ4n) is 3.64. The number of carbonyl (C=O) groups excluding carboxylic acids is 1. The zero-order valence-corrected chi connectivity index (χ0v) is 20.2. The maximum absolute atomic E-state index is 12.8. The van der Waals surface area contributed by atoms with Crippen molar-refractivity contribution >= 4 is 29.0 Å². The normalized spacial score (nSPS) is 13.0. The van der Waals surface area contributed by atoms with Crippen molar-refractivity contribution in [3.8, 4) is 33.6 Å². The van der Waals surface area contributed by atoms with Gasteiger partial charge in [-0.15, -0.1) is 21.5 Å². The summed E-state index contributed by atoms with van der Waals surface area (Å²) in [6, 6.07) is 17.1. The number of ether oxygens (including phenoxy) is 3. The molecule has 3 heterocycles. The molecule has 8 nitrogen and oxygen atoms in total. The van der Waals surface area contributed by atoms with E-state index in [4.69, 9.17) is 14.2 Å². The molecule has 174 valence electrons. The number of thiophene rings is 1. The summed E-state index contributed by atoms with van der Waals surface area (Å²) in [5, 5.41) is 14.5. The Morgan fingerprint density at radius 3 is 2.85 bits per heavy atom. The lowest BCUT2D eigenvalue weighted by Crippen LogP contribution is -2.28. The van der Waals surface area contributed by atoms with Gasteiger partial charge < -0.3 is 19.5 Å². The summed E-state index contributed by atoms with van der Waals surface area (Å²) in [5.74, 6) is 2.89. The van der Waals surface area contributed by atoms with Crippen LogP contribution in [0.3, 0.4) is 0 Å². The lowest BCUT2D eigenvalue weighted by atomic mass is 10.1. The molecule has 0 radical (unpaired) electrons. The molecule has 5 rings (SSSR count). The Hall–Kier alpha value is -3.50. The van der Waals surface area contributed by atoms with E-state index in [0.717, 1.165) is 21.9 Å². The molecule has 1 atom stereocenters. The van der Waals surface area contributed by atoms with Crippen LogP contribution < -0.4 is 19.5 Å². The summed E-state index contributed by atoms with van der Waals surface area (Å²) in [5.41, 5.74) is 1.76. The predicted molar refractivity (Wildman–Crippen MR) is 131 cm³/mol. The second kappa shape index (κ2) is 9.78. The van der Waals surface area contributed by atoms with Gasteiger partial charge in [0.2, 0.25) is 12.7 Å². The van der Waals surface area contributed by atoms with Crippen LogP contribution in [0.25, 0.3) is 16.4 Å². The summed E-state index contributed by atoms with van der Waals surface area (Å²) in [6.45, 7) is 2.16. The van der Waals surface area contributed by atoms with Crippen LogP contribution in [0.15, 0.2) is 65.1 Å². The summed E-state index contributed by atoms with van der Waals surface area (Å²) in [6.07, 6.45) is 0. The van der Waals surface area contributed by atoms with Crippen LogP contribution in [-0.2, 0) is 4.79 Å². The number of methoxy groups -OCH3 is 1. The number of carbonyl (C=O) groups is 1. The van der Waals surface area contributed by atoms with Crippen molar-refractivity contribution in [2.45, 2.75) is 18.1 Å². The lowest BCUT2D eigenvalue weighted by Gasteiger charge is -2.15. The quantitative estimate of drug-likeness (QED) is 0.355. The number of thioether (sulfide) groups is 1. The molecule has 1 N–H and O–H groups in total. The second-order valence-electron chi connectivity index (χ2n) is 7.48. The zero-order valence-electron chi connectivity index (χ0n) is 18.6. The fourth-order valence-corrected chi connectivity index (χ4v) is 5.09. The lowest BCUT2D eigenvalue weighted by molar-refractivity contribution is -0.119. The Balaban J connectivity index is 1.34. The number of hydrogen-bond donors (Lipinski definition) is 1. The van der Waals surface area contributed by atoms with Crippen molar-refractivity contribution in [3.63, 3.8) is 0 Å². The first-order valence-corrected chi connectivity index (χ1v) is 12.4. The maximum atomic E-state index is 12.8. The number of benzene rings is 2. The van der Waals surface area contributed by atoms with Gasteiger partial charge in [-0.25, -0.2) is 0 Å². The van der Waals surface area contributed by atoms with Crippen molar-refractivity contribution in [1.29, 1.82) is 0 Å². The summed E-state index contributed by atoms with van der Waals surface area (Å²) >= 11 is 2.90. The number of hydrogen-bond acceptors (Lipinski definition) is 8. The van der Waals surface area contributed by atoms with Crippen molar-refractivity contribution in [2.24, 2.45) is 0 Å². The first-order valence-electron chi connectivity index (χ1n) is 10.6.